The number of carbonyl (C=O) groups excluding carboxylic acids is 1. The zero-order chi connectivity index (χ0) is 20.1. The van der Waals surface area contributed by atoms with Crippen molar-refractivity contribution >= 4 is 5.97 Å². The SMILES string of the molecule is CCCCCCCCCCC(CCC)OC(=O)c1cccc(C(F)(F)F)c1. The molecule has 1 rings (SSSR count). The Morgan fingerprint density at radius 3 is 2.15 bits per heavy atom. The summed E-state index contributed by atoms with van der Waals surface area (Å²) in [7, 11) is 0. The van der Waals surface area contributed by atoms with Gasteiger partial charge < -0.3 is 4.74 Å². The van der Waals surface area contributed by atoms with Gasteiger partial charge in [-0.25, -0.2) is 4.79 Å². The minimum absolute atomic E-state index is 0.0400. The minimum atomic E-state index is -4.46. The second-order valence-corrected chi connectivity index (χ2v) is 7.16. The summed E-state index contributed by atoms with van der Waals surface area (Å²) in [5.41, 5.74) is -0.867. The number of rotatable bonds is 13. The molecule has 2 nitrogen and oxygen atoms in total. The number of alkyl halides is 3. The lowest BCUT2D eigenvalue weighted by Gasteiger charge is -2.18. The van der Waals surface area contributed by atoms with Gasteiger partial charge in [0.1, 0.15) is 6.10 Å². The molecule has 0 aliphatic rings. The summed E-state index contributed by atoms with van der Waals surface area (Å²) in [6.45, 7) is 4.22. The summed E-state index contributed by atoms with van der Waals surface area (Å²) >= 11 is 0. The van der Waals surface area contributed by atoms with Gasteiger partial charge in [-0.3, -0.25) is 0 Å². The van der Waals surface area contributed by atoms with Crippen molar-refractivity contribution in [3.63, 3.8) is 0 Å². The second-order valence-electron chi connectivity index (χ2n) is 7.16. The summed E-state index contributed by atoms with van der Waals surface area (Å²) in [6.07, 6.45) is 7.31. The van der Waals surface area contributed by atoms with Gasteiger partial charge in [-0.1, -0.05) is 71.3 Å². The van der Waals surface area contributed by atoms with E-state index in [0.29, 0.717) is 0 Å². The van der Waals surface area contributed by atoms with Gasteiger partial charge in [-0.05, 0) is 37.5 Å². The lowest BCUT2D eigenvalue weighted by molar-refractivity contribution is -0.137. The van der Waals surface area contributed by atoms with Crippen molar-refractivity contribution in [3.05, 3.63) is 35.4 Å². The third-order valence-corrected chi connectivity index (χ3v) is 4.69. The van der Waals surface area contributed by atoms with Crippen molar-refractivity contribution in [2.24, 2.45) is 0 Å². The average Bonchev–Trinajstić information content (AvgIpc) is 2.63. The van der Waals surface area contributed by atoms with Gasteiger partial charge in [0.05, 0.1) is 11.1 Å². The minimum Gasteiger partial charge on any atom is -0.459 e. The number of esters is 1. The monoisotopic (exact) mass is 386 g/mol. The quantitative estimate of drug-likeness (QED) is 0.258. The average molecular weight is 386 g/mol. The maximum absolute atomic E-state index is 12.8. The zero-order valence-electron chi connectivity index (χ0n) is 16.6. The van der Waals surface area contributed by atoms with Gasteiger partial charge in [0.15, 0.2) is 0 Å². The molecule has 0 N–H and O–H groups in total. The Balaban J connectivity index is 2.44. The van der Waals surface area contributed by atoms with Gasteiger partial charge in [0.25, 0.3) is 0 Å². The van der Waals surface area contributed by atoms with E-state index in [1.807, 2.05) is 6.92 Å². The molecule has 1 aromatic carbocycles. The van der Waals surface area contributed by atoms with Crippen LogP contribution in [0.25, 0.3) is 0 Å². The Bertz CT molecular complexity index is 541. The number of hydrogen-bond acceptors (Lipinski definition) is 2. The molecular formula is C22H33F3O2. The lowest BCUT2D eigenvalue weighted by atomic mass is 10.0. The Labute approximate surface area is 161 Å². The Morgan fingerprint density at radius 2 is 1.56 bits per heavy atom. The topological polar surface area (TPSA) is 26.3 Å². The predicted molar refractivity (Wildman–Crippen MR) is 103 cm³/mol. The third-order valence-electron chi connectivity index (χ3n) is 4.69. The van der Waals surface area contributed by atoms with Crippen molar-refractivity contribution in [2.45, 2.75) is 96.8 Å². The fourth-order valence-corrected chi connectivity index (χ4v) is 3.13. The largest absolute Gasteiger partial charge is 0.459 e. The number of benzene rings is 1. The molecule has 0 saturated carbocycles. The second kappa shape index (κ2) is 12.8. The smallest absolute Gasteiger partial charge is 0.416 e. The predicted octanol–water partition coefficient (Wildman–Crippen LogP) is 7.56. The summed E-state index contributed by atoms with van der Waals surface area (Å²) in [6, 6.07) is 4.44. The van der Waals surface area contributed by atoms with Crippen molar-refractivity contribution < 1.29 is 22.7 Å². The molecule has 0 saturated heterocycles. The van der Waals surface area contributed by atoms with Gasteiger partial charge in [0.2, 0.25) is 0 Å². The molecule has 0 spiro atoms. The van der Waals surface area contributed by atoms with Crippen LogP contribution in [-0.2, 0) is 10.9 Å². The first kappa shape index (κ1) is 23.5. The maximum Gasteiger partial charge on any atom is 0.416 e. The van der Waals surface area contributed by atoms with Crippen LogP contribution in [0, 0.1) is 0 Å². The molecule has 5 heteroatoms. The maximum atomic E-state index is 12.8. The van der Waals surface area contributed by atoms with Crippen LogP contribution in [0.2, 0.25) is 0 Å². The van der Waals surface area contributed by atoms with Crippen LogP contribution in [0.3, 0.4) is 0 Å². The Kier molecular flexibility index (Phi) is 11.1. The molecular weight excluding hydrogens is 353 g/mol. The van der Waals surface area contributed by atoms with Crippen molar-refractivity contribution in [3.8, 4) is 0 Å². The van der Waals surface area contributed by atoms with Crippen molar-refractivity contribution in [1.82, 2.24) is 0 Å². The normalized spacial score (nSPS) is 12.8. The van der Waals surface area contributed by atoms with Crippen LogP contribution in [0.1, 0.15) is 100 Å². The van der Waals surface area contributed by atoms with Gasteiger partial charge in [-0.15, -0.1) is 0 Å². The molecule has 1 aromatic rings. The molecule has 0 heterocycles. The first-order chi connectivity index (χ1) is 12.9. The third kappa shape index (κ3) is 9.83. The molecule has 0 radical (unpaired) electrons. The first-order valence-electron chi connectivity index (χ1n) is 10.3. The highest BCUT2D eigenvalue weighted by atomic mass is 19.4. The van der Waals surface area contributed by atoms with E-state index in [2.05, 4.69) is 6.92 Å². The fraction of sp³-hybridized carbons (Fsp3) is 0.682. The van der Waals surface area contributed by atoms with Gasteiger partial charge in [-0.2, -0.15) is 13.2 Å². The van der Waals surface area contributed by atoms with E-state index in [1.54, 1.807) is 0 Å². The van der Waals surface area contributed by atoms with Crippen LogP contribution in [0.15, 0.2) is 24.3 Å². The standard InChI is InChI=1S/C22H33F3O2/c1-3-5-6-7-8-9-10-11-16-20(13-4-2)27-21(26)18-14-12-15-19(17-18)22(23,24)25/h12,14-15,17,20H,3-11,13,16H2,1-2H3. The van der Waals surface area contributed by atoms with Crippen LogP contribution >= 0.6 is 0 Å². The molecule has 0 aliphatic carbocycles. The van der Waals surface area contributed by atoms with Gasteiger partial charge in [0, 0.05) is 0 Å². The van der Waals surface area contributed by atoms with E-state index in [4.69, 9.17) is 4.74 Å². The molecule has 1 unspecified atom stereocenters. The van der Waals surface area contributed by atoms with E-state index in [0.717, 1.165) is 44.2 Å². The zero-order valence-corrected chi connectivity index (χ0v) is 16.6. The number of carbonyl (C=O) groups is 1. The molecule has 0 amide bonds. The number of hydrogen-bond donors (Lipinski definition) is 0. The van der Waals surface area contributed by atoms with Gasteiger partial charge >= 0.3 is 12.1 Å². The van der Waals surface area contributed by atoms with E-state index in [9.17, 15) is 18.0 Å². The van der Waals surface area contributed by atoms with E-state index >= 15 is 0 Å². The van der Waals surface area contributed by atoms with Crippen LogP contribution in [0.4, 0.5) is 13.2 Å². The molecule has 0 bridgehead atoms. The highest BCUT2D eigenvalue weighted by molar-refractivity contribution is 5.89. The Hall–Kier alpha value is -1.52. The number of halogens is 3. The fourth-order valence-electron chi connectivity index (χ4n) is 3.13. The van der Waals surface area contributed by atoms with E-state index in [1.165, 1.54) is 50.7 Å². The van der Waals surface area contributed by atoms with Crippen LogP contribution in [0.5, 0.6) is 0 Å². The van der Waals surface area contributed by atoms with Crippen molar-refractivity contribution in [2.75, 3.05) is 0 Å². The van der Waals surface area contributed by atoms with Crippen LogP contribution < -0.4 is 0 Å². The number of ether oxygens (including phenoxy) is 1. The molecule has 0 fully saturated rings. The first-order valence-corrected chi connectivity index (χ1v) is 10.3. The summed E-state index contributed by atoms with van der Waals surface area (Å²) in [4.78, 5) is 12.3. The molecule has 27 heavy (non-hydrogen) atoms. The molecule has 154 valence electrons. The summed E-state index contributed by atoms with van der Waals surface area (Å²) < 4.78 is 43.9. The summed E-state index contributed by atoms with van der Waals surface area (Å²) in [5, 5.41) is 0. The lowest BCUT2D eigenvalue weighted by Crippen LogP contribution is -2.19. The molecule has 0 aliphatic heterocycles. The molecule has 1 atom stereocenters. The summed E-state index contributed by atoms with van der Waals surface area (Å²) in [5.74, 6) is -0.667. The van der Waals surface area contributed by atoms with Crippen LogP contribution in [-0.4, -0.2) is 12.1 Å². The highest BCUT2D eigenvalue weighted by Crippen LogP contribution is 2.29. The highest BCUT2D eigenvalue weighted by Gasteiger charge is 2.31. The van der Waals surface area contributed by atoms with E-state index in [-0.39, 0.29) is 11.7 Å². The van der Waals surface area contributed by atoms with E-state index < -0.39 is 17.7 Å². The molecule has 0 aromatic heterocycles. The number of unbranched alkanes of at least 4 members (excludes halogenated alkanes) is 7. The Morgan fingerprint density at radius 1 is 0.926 bits per heavy atom. The van der Waals surface area contributed by atoms with Crippen molar-refractivity contribution in [1.29, 1.82) is 0 Å².